The lowest BCUT2D eigenvalue weighted by Gasteiger charge is -2.15. The molecule has 0 aliphatic heterocycles. The van der Waals surface area contributed by atoms with Crippen LogP contribution in [0.3, 0.4) is 0 Å². The topological polar surface area (TPSA) is 236 Å². The molecule has 342 valence electrons. The molecule has 16 nitrogen and oxygen atoms in total. The van der Waals surface area contributed by atoms with Crippen molar-refractivity contribution in [2.75, 3.05) is 0 Å². The molecule has 4 aromatic carbocycles. The van der Waals surface area contributed by atoms with Crippen molar-refractivity contribution in [3.8, 4) is 47.3 Å². The number of nitriles is 4. The number of ether oxygens (including phenoxy) is 4. The van der Waals surface area contributed by atoms with Crippen LogP contribution in [0.25, 0.3) is 0 Å². The van der Waals surface area contributed by atoms with Crippen LogP contribution >= 0.6 is 0 Å². The maximum Gasteiger partial charge on any atom is 0.308 e. The third kappa shape index (κ3) is 11.6. The molecule has 0 saturated heterocycles. The van der Waals surface area contributed by atoms with Gasteiger partial charge in [-0.15, -0.1) is 0 Å². The van der Waals surface area contributed by atoms with Crippen molar-refractivity contribution in [3.63, 3.8) is 0 Å². The lowest BCUT2D eigenvalue weighted by atomic mass is 10.0. The summed E-state index contributed by atoms with van der Waals surface area (Å²) in [5, 5.41) is 46.0. The number of rotatable bonds is 17. The van der Waals surface area contributed by atoms with Crippen LogP contribution in [0, 0.1) is 70.8 Å². The van der Waals surface area contributed by atoms with E-state index in [1.165, 1.54) is 62.4 Å². The van der Waals surface area contributed by atoms with Gasteiger partial charge in [-0.05, 0) is 97.5 Å². The number of hydrogen-bond donors (Lipinski definition) is 0. The quantitative estimate of drug-likeness (QED) is 0.0803. The number of esters is 2. The van der Waals surface area contributed by atoms with E-state index in [1.54, 1.807) is 24.3 Å². The Hall–Kier alpha value is -9.00. The van der Waals surface area contributed by atoms with Gasteiger partial charge in [0.05, 0.1) is 70.8 Å². The van der Waals surface area contributed by atoms with E-state index in [9.17, 15) is 40.2 Å². The van der Waals surface area contributed by atoms with Crippen molar-refractivity contribution in [1.82, 2.24) is 19.6 Å². The van der Waals surface area contributed by atoms with Crippen molar-refractivity contribution >= 4 is 11.9 Å². The highest BCUT2D eigenvalue weighted by Crippen LogP contribution is 2.34. The van der Waals surface area contributed by atoms with E-state index >= 15 is 8.78 Å². The molecule has 0 aliphatic rings. The third-order valence-corrected chi connectivity index (χ3v) is 10.4. The van der Waals surface area contributed by atoms with Crippen molar-refractivity contribution < 1.29 is 37.3 Å². The van der Waals surface area contributed by atoms with Gasteiger partial charge in [0, 0.05) is 24.0 Å². The van der Waals surface area contributed by atoms with Gasteiger partial charge in [-0.2, -0.15) is 40.6 Å². The lowest BCUT2D eigenvalue weighted by Crippen LogP contribution is -2.29. The standard InChI is InChI=1S/C50H40F2N8O8/c1-5-35-7-9-37(45(51)47(35)67-41-17-31(23-53)15-32(18-41)24-54)21-39-13-29(3)49(63)59(57-39)27-65-43(61)11-12-44(62)66-28-60-50(64)30(4)14-40(58-60)22-38-10-8-36(6-2)48(46(38)52)68-42-19-33(25-55)16-34(20-42)26-56/h7-10,13-20H,5-6,11-12,21-22,27-28H2,1-4H3. The van der Waals surface area contributed by atoms with E-state index in [2.05, 4.69) is 10.2 Å². The van der Waals surface area contributed by atoms with Crippen LogP contribution in [0.1, 0.15) is 93.7 Å². The maximum atomic E-state index is 16.1. The molecule has 6 rings (SSSR count). The van der Waals surface area contributed by atoms with Gasteiger partial charge in [0.25, 0.3) is 11.1 Å². The molecule has 0 saturated carbocycles. The molecule has 0 aliphatic carbocycles. The smallest absolute Gasteiger partial charge is 0.308 e. The molecule has 0 N–H and O–H groups in total. The average molecular weight is 919 g/mol. The number of hydrogen-bond acceptors (Lipinski definition) is 14. The van der Waals surface area contributed by atoms with Gasteiger partial charge in [0.15, 0.2) is 36.6 Å². The molecule has 2 aromatic heterocycles. The summed E-state index contributed by atoms with van der Waals surface area (Å²) in [6.45, 7) is 5.40. The fraction of sp³-hybridized carbons (Fsp3) is 0.240. The Kier molecular flexibility index (Phi) is 15.5. The number of nitrogens with zero attached hydrogens (tertiary/aromatic N) is 8. The fourth-order valence-electron chi connectivity index (χ4n) is 6.98. The van der Waals surface area contributed by atoms with Gasteiger partial charge in [-0.1, -0.05) is 38.1 Å². The summed E-state index contributed by atoms with van der Waals surface area (Å²) in [4.78, 5) is 51.3. The van der Waals surface area contributed by atoms with Crippen LogP contribution in [0.2, 0.25) is 0 Å². The molecule has 68 heavy (non-hydrogen) atoms. The Morgan fingerprint density at radius 2 is 0.897 bits per heavy atom. The van der Waals surface area contributed by atoms with Gasteiger partial charge in [0.1, 0.15) is 11.5 Å². The fourth-order valence-corrected chi connectivity index (χ4v) is 6.98. The molecule has 6 aromatic rings. The minimum atomic E-state index is -0.877. The summed E-state index contributed by atoms with van der Waals surface area (Å²) in [6.07, 6.45) is -0.316. The largest absolute Gasteiger partial charge is 0.454 e. The normalized spacial score (nSPS) is 10.6. The summed E-state index contributed by atoms with van der Waals surface area (Å²) < 4.78 is 56.1. The molecular formula is C50H40F2N8O8. The van der Waals surface area contributed by atoms with E-state index in [0.717, 1.165) is 9.36 Å². The molecule has 18 heteroatoms. The Labute approximate surface area is 388 Å². The molecule has 2 heterocycles. The van der Waals surface area contributed by atoms with Gasteiger partial charge < -0.3 is 18.9 Å². The van der Waals surface area contributed by atoms with Crippen LogP contribution in [0.4, 0.5) is 8.78 Å². The zero-order valence-corrected chi connectivity index (χ0v) is 37.2. The molecular weight excluding hydrogens is 879 g/mol. The number of halogens is 2. The van der Waals surface area contributed by atoms with Gasteiger partial charge in [-0.3, -0.25) is 19.2 Å². The predicted molar refractivity (Wildman–Crippen MR) is 237 cm³/mol. The summed E-state index contributed by atoms with van der Waals surface area (Å²) in [5.74, 6) is -3.17. The van der Waals surface area contributed by atoms with E-state index in [4.69, 9.17) is 18.9 Å². The number of carbonyl (C=O) groups is 2. The first-order valence-electron chi connectivity index (χ1n) is 21.0. The van der Waals surface area contributed by atoms with E-state index < -0.39 is 61.0 Å². The summed E-state index contributed by atoms with van der Waals surface area (Å²) >= 11 is 0. The Bertz CT molecular complexity index is 2980. The Morgan fingerprint density at radius 3 is 1.22 bits per heavy atom. The van der Waals surface area contributed by atoms with Gasteiger partial charge >= 0.3 is 11.9 Å². The zero-order chi connectivity index (χ0) is 49.1. The number of aromatic nitrogens is 4. The minimum Gasteiger partial charge on any atom is -0.454 e. The number of aryl methyl sites for hydroxylation is 4. The number of carbonyl (C=O) groups excluding carboxylic acids is 2. The second kappa shape index (κ2) is 21.8. The van der Waals surface area contributed by atoms with E-state index in [1.807, 2.05) is 38.1 Å². The Morgan fingerprint density at radius 1 is 0.559 bits per heavy atom. The second-order valence-corrected chi connectivity index (χ2v) is 15.3. The summed E-state index contributed by atoms with van der Waals surface area (Å²) in [5.41, 5.74) is 1.82. The van der Waals surface area contributed by atoms with Crippen molar-refractivity contribution in [3.05, 3.63) is 172 Å². The van der Waals surface area contributed by atoms with E-state index in [0.29, 0.717) is 24.0 Å². The monoisotopic (exact) mass is 918 g/mol. The summed E-state index contributed by atoms with van der Waals surface area (Å²) in [6, 6.07) is 25.5. The lowest BCUT2D eigenvalue weighted by molar-refractivity contribution is -0.155. The maximum absolute atomic E-state index is 16.1. The van der Waals surface area contributed by atoms with Crippen LogP contribution in [-0.4, -0.2) is 31.5 Å². The van der Waals surface area contributed by atoms with Crippen molar-refractivity contribution in [2.24, 2.45) is 0 Å². The SMILES string of the molecule is CCc1ccc(Cc2cc(C)c(=O)n(COC(=O)CCC(=O)OCn3nc(Cc4ccc(CC)c(Oc5cc(C#N)cc(C#N)c5)c4F)cc(C)c3=O)n2)c(F)c1Oc1cc(C#N)cc(C#N)c1. The molecule has 0 spiro atoms. The van der Waals surface area contributed by atoms with Crippen LogP contribution in [0.15, 0.2) is 82.4 Å². The van der Waals surface area contributed by atoms with Crippen LogP contribution in [0.5, 0.6) is 23.0 Å². The molecule has 0 fully saturated rings. The van der Waals surface area contributed by atoms with Crippen molar-refractivity contribution in [2.45, 2.75) is 79.7 Å². The second-order valence-electron chi connectivity index (χ2n) is 15.3. The van der Waals surface area contributed by atoms with E-state index in [-0.39, 0.29) is 91.7 Å². The highest BCUT2D eigenvalue weighted by atomic mass is 19.1. The molecule has 0 bridgehead atoms. The number of benzene rings is 4. The van der Waals surface area contributed by atoms with Crippen LogP contribution < -0.4 is 20.6 Å². The highest BCUT2D eigenvalue weighted by molar-refractivity contribution is 5.77. The molecule has 0 unspecified atom stereocenters. The first-order valence-corrected chi connectivity index (χ1v) is 21.0. The molecule has 0 radical (unpaired) electrons. The minimum absolute atomic E-state index is 0.0972. The van der Waals surface area contributed by atoms with Crippen molar-refractivity contribution in [1.29, 1.82) is 21.0 Å². The Balaban J connectivity index is 1.06. The zero-order valence-electron chi connectivity index (χ0n) is 37.2. The predicted octanol–water partition coefficient (Wildman–Crippen LogP) is 7.55. The highest BCUT2D eigenvalue weighted by Gasteiger charge is 2.21. The van der Waals surface area contributed by atoms with Crippen LogP contribution in [-0.2, 0) is 58.2 Å². The molecule has 0 amide bonds. The summed E-state index contributed by atoms with van der Waals surface area (Å²) in [7, 11) is 0. The first kappa shape index (κ1) is 48.5. The third-order valence-electron chi connectivity index (χ3n) is 10.4. The average Bonchev–Trinajstić information content (AvgIpc) is 3.34. The first-order chi connectivity index (χ1) is 32.7. The van der Waals surface area contributed by atoms with Gasteiger partial charge in [0.2, 0.25) is 0 Å². The van der Waals surface area contributed by atoms with Gasteiger partial charge in [-0.25, -0.2) is 8.78 Å². The molecule has 0 atom stereocenters.